The van der Waals surface area contributed by atoms with Gasteiger partial charge in [0.15, 0.2) is 0 Å². The molecule has 1 amide bonds. The Morgan fingerprint density at radius 1 is 1.21 bits per heavy atom. The predicted molar refractivity (Wildman–Crippen MR) is 126 cm³/mol. The summed E-state index contributed by atoms with van der Waals surface area (Å²) in [5, 5.41) is 4.84. The van der Waals surface area contributed by atoms with Gasteiger partial charge in [0.2, 0.25) is 5.91 Å². The van der Waals surface area contributed by atoms with Gasteiger partial charge in [-0.05, 0) is 55.8 Å². The van der Waals surface area contributed by atoms with Gasteiger partial charge in [-0.25, -0.2) is 5.43 Å². The molecule has 3 aromatic rings. The number of hydrazone groups is 1. The van der Waals surface area contributed by atoms with E-state index in [4.69, 9.17) is 11.6 Å². The average Bonchev–Trinajstić information content (AvgIpc) is 2.98. The maximum Gasteiger partial charge on any atom is 0.250 e. The number of benzene rings is 2. The van der Waals surface area contributed by atoms with Crippen LogP contribution in [-0.2, 0) is 10.5 Å². The van der Waals surface area contributed by atoms with Crippen LogP contribution < -0.4 is 5.43 Å². The number of thioether (sulfide) groups is 1. The largest absolute Gasteiger partial charge is 0.318 e. The fourth-order valence-corrected chi connectivity index (χ4v) is 4.35. The van der Waals surface area contributed by atoms with Crippen LogP contribution in [0.1, 0.15) is 22.5 Å². The lowest BCUT2D eigenvalue weighted by Crippen LogP contribution is -2.19. The minimum absolute atomic E-state index is 0.139. The number of rotatable bonds is 7. The van der Waals surface area contributed by atoms with Crippen molar-refractivity contribution in [1.29, 1.82) is 0 Å². The first kappa shape index (κ1) is 21.7. The second-order valence-electron chi connectivity index (χ2n) is 6.52. The molecule has 0 aliphatic carbocycles. The van der Waals surface area contributed by atoms with Crippen LogP contribution in [-0.4, -0.2) is 22.4 Å². The normalized spacial score (nSPS) is 11.2. The van der Waals surface area contributed by atoms with Gasteiger partial charge in [-0.1, -0.05) is 45.7 Å². The van der Waals surface area contributed by atoms with Crippen LogP contribution in [0.25, 0.3) is 5.69 Å². The van der Waals surface area contributed by atoms with Crippen molar-refractivity contribution in [2.75, 3.05) is 5.75 Å². The summed E-state index contributed by atoms with van der Waals surface area (Å²) < 4.78 is 3.20. The van der Waals surface area contributed by atoms with Crippen LogP contribution in [0.2, 0.25) is 5.02 Å². The van der Waals surface area contributed by atoms with Gasteiger partial charge in [0.05, 0.1) is 12.0 Å². The van der Waals surface area contributed by atoms with E-state index in [-0.39, 0.29) is 5.91 Å². The first-order chi connectivity index (χ1) is 14.0. The van der Waals surface area contributed by atoms with E-state index in [9.17, 15) is 4.79 Å². The molecule has 4 nitrogen and oxygen atoms in total. The zero-order valence-electron chi connectivity index (χ0n) is 16.2. The summed E-state index contributed by atoms with van der Waals surface area (Å²) in [4.78, 5) is 12.0. The van der Waals surface area contributed by atoms with Crippen LogP contribution in [0.5, 0.6) is 0 Å². The van der Waals surface area contributed by atoms with E-state index in [1.807, 2.05) is 43.3 Å². The third kappa shape index (κ3) is 5.75. The molecular formula is C22H21BrClN3OS. The summed E-state index contributed by atoms with van der Waals surface area (Å²) in [6.45, 7) is 4.09. The van der Waals surface area contributed by atoms with Crippen molar-refractivity contribution < 1.29 is 4.79 Å². The van der Waals surface area contributed by atoms with Crippen LogP contribution in [0.3, 0.4) is 0 Å². The van der Waals surface area contributed by atoms with Crippen LogP contribution >= 0.6 is 39.3 Å². The molecule has 0 unspecified atom stereocenters. The molecule has 7 heteroatoms. The number of nitrogens with one attached hydrogen (secondary N) is 1. The number of halogens is 2. The number of hydrogen-bond acceptors (Lipinski definition) is 3. The molecule has 150 valence electrons. The highest BCUT2D eigenvalue weighted by Crippen LogP contribution is 2.22. The average molecular weight is 491 g/mol. The van der Waals surface area contributed by atoms with Crippen molar-refractivity contribution in [3.8, 4) is 5.69 Å². The van der Waals surface area contributed by atoms with Gasteiger partial charge >= 0.3 is 0 Å². The molecule has 3 rings (SSSR count). The number of nitrogens with zero attached hydrogens (tertiary/aromatic N) is 2. The number of aromatic nitrogens is 1. The molecule has 0 saturated carbocycles. The monoisotopic (exact) mass is 489 g/mol. The highest BCUT2D eigenvalue weighted by atomic mass is 79.9. The summed E-state index contributed by atoms with van der Waals surface area (Å²) in [6.07, 6.45) is 1.69. The second-order valence-corrected chi connectivity index (χ2v) is 8.82. The number of carbonyl (C=O) groups is 1. The predicted octanol–water partition coefficient (Wildman–Crippen LogP) is 5.89. The van der Waals surface area contributed by atoms with Crippen molar-refractivity contribution in [3.63, 3.8) is 0 Å². The van der Waals surface area contributed by atoms with E-state index in [1.54, 1.807) is 6.21 Å². The summed E-state index contributed by atoms with van der Waals surface area (Å²) in [5.41, 5.74) is 7.84. The second kappa shape index (κ2) is 10.1. The third-order valence-electron chi connectivity index (χ3n) is 4.40. The lowest BCUT2D eigenvalue weighted by molar-refractivity contribution is -0.118. The van der Waals surface area contributed by atoms with Crippen molar-refractivity contribution in [2.45, 2.75) is 19.6 Å². The summed E-state index contributed by atoms with van der Waals surface area (Å²) in [6, 6.07) is 17.9. The van der Waals surface area contributed by atoms with Gasteiger partial charge in [0, 0.05) is 37.9 Å². The maximum atomic E-state index is 12.0. The molecule has 0 radical (unpaired) electrons. The molecule has 0 saturated heterocycles. The Labute approximate surface area is 188 Å². The van der Waals surface area contributed by atoms with E-state index in [0.29, 0.717) is 11.5 Å². The van der Waals surface area contributed by atoms with E-state index in [2.05, 4.69) is 56.1 Å². The van der Waals surface area contributed by atoms with Gasteiger partial charge in [0.1, 0.15) is 0 Å². The van der Waals surface area contributed by atoms with Crippen LogP contribution in [0, 0.1) is 13.8 Å². The molecule has 29 heavy (non-hydrogen) atoms. The lowest BCUT2D eigenvalue weighted by Gasteiger charge is -2.09. The fourth-order valence-electron chi connectivity index (χ4n) is 2.98. The first-order valence-electron chi connectivity index (χ1n) is 9.03. The molecule has 1 heterocycles. The molecule has 0 fully saturated rings. The zero-order valence-corrected chi connectivity index (χ0v) is 19.3. The van der Waals surface area contributed by atoms with E-state index in [1.165, 1.54) is 11.8 Å². The number of aryl methyl sites for hydroxylation is 1. The minimum atomic E-state index is -0.139. The zero-order chi connectivity index (χ0) is 20.8. The summed E-state index contributed by atoms with van der Waals surface area (Å²) >= 11 is 11.1. The van der Waals surface area contributed by atoms with Gasteiger partial charge < -0.3 is 4.57 Å². The molecule has 0 aliphatic rings. The van der Waals surface area contributed by atoms with Gasteiger partial charge in [-0.2, -0.15) is 5.10 Å². The highest BCUT2D eigenvalue weighted by Gasteiger charge is 2.09. The van der Waals surface area contributed by atoms with Gasteiger partial charge in [-0.15, -0.1) is 11.8 Å². The smallest absolute Gasteiger partial charge is 0.250 e. The Kier molecular flexibility index (Phi) is 7.58. The fraction of sp³-hybridized carbons (Fsp3) is 0.182. The summed E-state index contributed by atoms with van der Waals surface area (Å²) in [5.74, 6) is 0.867. The number of carbonyl (C=O) groups excluding carboxylic acids is 1. The molecule has 1 N–H and O–H groups in total. The third-order valence-corrected chi connectivity index (χ3v) is 6.28. The van der Waals surface area contributed by atoms with Gasteiger partial charge in [0.25, 0.3) is 0 Å². The van der Waals surface area contributed by atoms with Gasteiger partial charge in [-0.3, -0.25) is 4.79 Å². The van der Waals surface area contributed by atoms with Crippen molar-refractivity contribution in [1.82, 2.24) is 9.99 Å². The Morgan fingerprint density at radius 3 is 2.66 bits per heavy atom. The minimum Gasteiger partial charge on any atom is -0.318 e. The Morgan fingerprint density at radius 2 is 1.93 bits per heavy atom. The lowest BCUT2D eigenvalue weighted by atomic mass is 10.2. The number of amides is 1. The van der Waals surface area contributed by atoms with Crippen LogP contribution in [0.4, 0.5) is 0 Å². The molecule has 0 aliphatic heterocycles. The van der Waals surface area contributed by atoms with Crippen molar-refractivity contribution in [3.05, 3.63) is 86.6 Å². The Bertz CT molecular complexity index is 1030. The molecule has 2 aromatic carbocycles. The molecular weight excluding hydrogens is 470 g/mol. The SMILES string of the molecule is Cc1cc(/C=N\NC(=O)CSCc2ccccc2Cl)c(C)n1-c1ccc(Br)cc1. The van der Waals surface area contributed by atoms with E-state index in [0.717, 1.165) is 37.7 Å². The maximum absolute atomic E-state index is 12.0. The van der Waals surface area contributed by atoms with Crippen molar-refractivity contribution in [2.24, 2.45) is 5.10 Å². The Balaban J connectivity index is 1.56. The molecule has 1 aromatic heterocycles. The topological polar surface area (TPSA) is 46.4 Å². The highest BCUT2D eigenvalue weighted by molar-refractivity contribution is 9.10. The molecule has 0 atom stereocenters. The van der Waals surface area contributed by atoms with E-state index >= 15 is 0 Å². The first-order valence-corrected chi connectivity index (χ1v) is 11.4. The van der Waals surface area contributed by atoms with Crippen LogP contribution in [0.15, 0.2) is 64.2 Å². The molecule has 0 bridgehead atoms. The quantitative estimate of drug-likeness (QED) is 0.331. The number of hydrogen-bond donors (Lipinski definition) is 1. The molecule has 0 spiro atoms. The van der Waals surface area contributed by atoms with Crippen molar-refractivity contribution >= 4 is 51.4 Å². The van der Waals surface area contributed by atoms with E-state index < -0.39 is 0 Å². The summed E-state index contributed by atoms with van der Waals surface area (Å²) in [7, 11) is 0. The Hall–Kier alpha value is -2.02. The standard InChI is InChI=1S/C22H21BrClN3OS/c1-15-11-18(16(2)27(15)20-9-7-19(23)8-10-20)12-25-26-22(28)14-29-13-17-5-3-4-6-21(17)24/h3-12H,13-14H2,1-2H3,(H,26,28)/b25-12-.